The van der Waals surface area contributed by atoms with Gasteiger partial charge in [-0.05, 0) is 24.3 Å². The van der Waals surface area contributed by atoms with E-state index in [0.717, 1.165) is 0 Å². The molecule has 3 aromatic heterocycles. The van der Waals surface area contributed by atoms with Crippen molar-refractivity contribution in [3.63, 3.8) is 0 Å². The summed E-state index contributed by atoms with van der Waals surface area (Å²) < 4.78 is 6.54. The Balaban J connectivity index is 1.57. The van der Waals surface area contributed by atoms with Crippen LogP contribution >= 0.6 is 0 Å². The van der Waals surface area contributed by atoms with Gasteiger partial charge in [0.05, 0.1) is 36.7 Å². The first-order chi connectivity index (χ1) is 14.0. The summed E-state index contributed by atoms with van der Waals surface area (Å²) in [6, 6.07) is 10.1. The second kappa shape index (κ2) is 7.43. The number of hydrogen-bond donors (Lipinski definition) is 2. The number of carbonyl (C=O) groups excluding carboxylic acids is 2. The van der Waals surface area contributed by atoms with E-state index >= 15 is 0 Å². The van der Waals surface area contributed by atoms with Crippen LogP contribution in [-0.4, -0.2) is 50.1 Å². The molecule has 0 saturated carbocycles. The molecule has 0 aliphatic heterocycles. The molecule has 0 radical (unpaired) electrons. The van der Waals surface area contributed by atoms with Crippen LogP contribution in [0, 0.1) is 0 Å². The average molecular weight is 392 g/mol. The van der Waals surface area contributed by atoms with Crippen LogP contribution in [0.4, 0.5) is 5.69 Å². The molecule has 0 aliphatic rings. The molecule has 0 spiro atoms. The zero-order valence-corrected chi connectivity index (χ0v) is 15.3. The molecule has 1 aromatic carbocycles. The summed E-state index contributed by atoms with van der Waals surface area (Å²) in [5, 5.41) is 7.33. The topological polar surface area (TPSA) is 126 Å². The summed E-state index contributed by atoms with van der Waals surface area (Å²) in [5.41, 5.74) is 1.05. The van der Waals surface area contributed by atoms with Gasteiger partial charge in [0, 0.05) is 7.05 Å². The number of para-hydroxylation sites is 2. The van der Waals surface area contributed by atoms with Crippen LogP contribution in [-0.2, 0) is 4.79 Å². The minimum atomic E-state index is -0.403. The molecule has 0 aliphatic carbocycles. The van der Waals surface area contributed by atoms with Gasteiger partial charge in [-0.15, -0.1) is 0 Å². The lowest BCUT2D eigenvalue weighted by molar-refractivity contribution is -0.116. The number of furan rings is 1. The molecule has 2 N–H and O–H groups in total. The van der Waals surface area contributed by atoms with Gasteiger partial charge in [0.15, 0.2) is 11.4 Å². The number of anilines is 1. The molecule has 2 amide bonds. The van der Waals surface area contributed by atoms with Gasteiger partial charge in [0.1, 0.15) is 5.39 Å². The number of carbonyl (C=O) groups is 2. The first-order valence-corrected chi connectivity index (χ1v) is 8.64. The molecule has 3 heterocycles. The number of nitrogens with zero attached hydrogens (tertiary/aromatic N) is 4. The molecule has 0 unspecified atom stereocenters. The van der Waals surface area contributed by atoms with Gasteiger partial charge in [-0.3, -0.25) is 14.4 Å². The normalized spacial score (nSPS) is 10.8. The number of fused-ring (bicyclic) bond motifs is 1. The van der Waals surface area contributed by atoms with Gasteiger partial charge in [-0.1, -0.05) is 12.1 Å². The van der Waals surface area contributed by atoms with Crippen molar-refractivity contribution in [3.05, 3.63) is 71.3 Å². The zero-order chi connectivity index (χ0) is 20.4. The van der Waals surface area contributed by atoms with E-state index in [9.17, 15) is 14.4 Å². The van der Waals surface area contributed by atoms with Gasteiger partial charge in [-0.2, -0.15) is 5.10 Å². The predicted molar refractivity (Wildman–Crippen MR) is 104 cm³/mol. The van der Waals surface area contributed by atoms with Crippen molar-refractivity contribution in [2.24, 2.45) is 0 Å². The van der Waals surface area contributed by atoms with Crippen LogP contribution in [0.3, 0.4) is 0 Å². The van der Waals surface area contributed by atoms with Crippen LogP contribution < -0.4 is 10.9 Å². The maximum Gasteiger partial charge on any atom is 0.289 e. The van der Waals surface area contributed by atoms with Gasteiger partial charge >= 0.3 is 0 Å². The maximum atomic E-state index is 12.5. The van der Waals surface area contributed by atoms with Crippen molar-refractivity contribution in [1.29, 1.82) is 0 Å². The van der Waals surface area contributed by atoms with E-state index in [1.165, 1.54) is 41.5 Å². The maximum absolute atomic E-state index is 12.5. The molecule has 0 saturated heterocycles. The highest BCUT2D eigenvalue weighted by Crippen LogP contribution is 2.22. The molecule has 29 heavy (non-hydrogen) atoms. The number of H-pyrrole nitrogens is 1. The van der Waals surface area contributed by atoms with Gasteiger partial charge in [-0.25, -0.2) is 9.67 Å². The number of amides is 2. The van der Waals surface area contributed by atoms with Crippen LogP contribution in [0.25, 0.3) is 16.7 Å². The SMILES string of the molecule is CN(CC(=O)Nc1ccccc1-n1ncc2c(=O)[nH]cnc21)C(=O)c1ccco1. The van der Waals surface area contributed by atoms with E-state index in [-0.39, 0.29) is 17.9 Å². The molecule has 0 fully saturated rings. The molecule has 0 bridgehead atoms. The third-order valence-electron chi connectivity index (χ3n) is 4.24. The zero-order valence-electron chi connectivity index (χ0n) is 15.3. The van der Waals surface area contributed by atoms with Gasteiger partial charge in [0.2, 0.25) is 5.91 Å². The molecule has 10 heteroatoms. The number of rotatable bonds is 5. The van der Waals surface area contributed by atoms with E-state index in [2.05, 4.69) is 20.4 Å². The van der Waals surface area contributed by atoms with E-state index < -0.39 is 11.8 Å². The monoisotopic (exact) mass is 392 g/mol. The Hall–Kier alpha value is -4.21. The molecule has 0 atom stereocenters. The molecule has 146 valence electrons. The summed E-state index contributed by atoms with van der Waals surface area (Å²) in [6.07, 6.45) is 4.10. The quantitative estimate of drug-likeness (QED) is 0.529. The number of aromatic amines is 1. The first kappa shape index (κ1) is 18.2. The van der Waals surface area contributed by atoms with E-state index in [0.29, 0.717) is 22.4 Å². The van der Waals surface area contributed by atoms with Crippen molar-refractivity contribution in [2.75, 3.05) is 18.9 Å². The highest BCUT2D eigenvalue weighted by atomic mass is 16.3. The molecular weight excluding hydrogens is 376 g/mol. The Labute approximate surface area is 163 Å². The van der Waals surface area contributed by atoms with Crippen molar-refractivity contribution in [2.45, 2.75) is 0 Å². The summed E-state index contributed by atoms with van der Waals surface area (Å²) >= 11 is 0. The summed E-state index contributed by atoms with van der Waals surface area (Å²) in [4.78, 5) is 44.5. The number of benzene rings is 1. The lowest BCUT2D eigenvalue weighted by atomic mass is 10.2. The van der Waals surface area contributed by atoms with Gasteiger partial charge in [0.25, 0.3) is 11.5 Å². The Bertz CT molecular complexity index is 1240. The van der Waals surface area contributed by atoms with Crippen molar-refractivity contribution in [3.8, 4) is 5.69 Å². The second-order valence-electron chi connectivity index (χ2n) is 6.23. The Morgan fingerprint density at radius 3 is 2.86 bits per heavy atom. The summed E-state index contributed by atoms with van der Waals surface area (Å²) in [6.45, 7) is -0.175. The van der Waals surface area contributed by atoms with Crippen molar-refractivity contribution in [1.82, 2.24) is 24.6 Å². The van der Waals surface area contributed by atoms with E-state index in [1.807, 2.05) is 0 Å². The number of aromatic nitrogens is 4. The highest BCUT2D eigenvalue weighted by molar-refractivity contribution is 5.99. The summed E-state index contributed by atoms with van der Waals surface area (Å²) in [7, 11) is 1.51. The fourth-order valence-corrected chi connectivity index (χ4v) is 2.86. The fourth-order valence-electron chi connectivity index (χ4n) is 2.86. The molecule has 10 nitrogen and oxygen atoms in total. The van der Waals surface area contributed by atoms with Crippen molar-refractivity contribution >= 4 is 28.5 Å². The van der Waals surface area contributed by atoms with Crippen molar-refractivity contribution < 1.29 is 14.0 Å². The minimum absolute atomic E-state index is 0.153. The highest BCUT2D eigenvalue weighted by Gasteiger charge is 2.18. The smallest absolute Gasteiger partial charge is 0.289 e. The molecule has 4 aromatic rings. The number of hydrogen-bond acceptors (Lipinski definition) is 6. The van der Waals surface area contributed by atoms with E-state index in [4.69, 9.17) is 4.42 Å². The van der Waals surface area contributed by atoms with Crippen LogP contribution in [0.15, 0.2) is 64.4 Å². The van der Waals surface area contributed by atoms with Crippen LogP contribution in [0.1, 0.15) is 10.6 Å². The second-order valence-corrected chi connectivity index (χ2v) is 6.23. The van der Waals surface area contributed by atoms with Crippen LogP contribution in [0.5, 0.6) is 0 Å². The Morgan fingerprint density at radius 2 is 2.07 bits per heavy atom. The van der Waals surface area contributed by atoms with Gasteiger partial charge < -0.3 is 19.6 Å². The average Bonchev–Trinajstić information content (AvgIpc) is 3.38. The summed E-state index contributed by atoms with van der Waals surface area (Å²) in [5.74, 6) is -0.651. The third-order valence-corrected chi connectivity index (χ3v) is 4.24. The van der Waals surface area contributed by atoms with Crippen LogP contribution in [0.2, 0.25) is 0 Å². The van der Waals surface area contributed by atoms with E-state index in [1.54, 1.807) is 30.3 Å². The fraction of sp³-hybridized carbons (Fsp3) is 0.105. The largest absolute Gasteiger partial charge is 0.459 e. The minimum Gasteiger partial charge on any atom is -0.459 e. The number of nitrogens with one attached hydrogen (secondary N) is 2. The lowest BCUT2D eigenvalue weighted by Gasteiger charge is -2.16. The third kappa shape index (κ3) is 3.50. The Kier molecular flexibility index (Phi) is 4.65. The lowest BCUT2D eigenvalue weighted by Crippen LogP contribution is -2.34. The first-order valence-electron chi connectivity index (χ1n) is 8.64. The number of likely N-dealkylation sites (N-methyl/N-ethyl adjacent to an activating group) is 1. The molecular formula is C19H16N6O4. The Morgan fingerprint density at radius 1 is 1.24 bits per heavy atom. The molecule has 4 rings (SSSR count). The predicted octanol–water partition coefficient (Wildman–Crippen LogP) is 1.41. The standard InChI is InChI=1S/C19H16N6O4/c1-24(19(28)15-7-4-8-29-15)10-16(26)23-13-5-2-3-6-14(13)25-17-12(9-22-25)18(27)21-11-20-17/h2-9,11H,10H2,1H3,(H,23,26)(H,20,21,27).